The third-order valence-corrected chi connectivity index (χ3v) is 3.09. The van der Waals surface area contributed by atoms with Crippen LogP contribution in [0.5, 0.6) is 0 Å². The van der Waals surface area contributed by atoms with Crippen LogP contribution in [-0.4, -0.2) is 36.9 Å². The molecule has 0 aliphatic rings. The van der Waals surface area contributed by atoms with Gasteiger partial charge in [-0.05, 0) is 43.7 Å². The predicted octanol–water partition coefficient (Wildman–Crippen LogP) is 0.900. The van der Waals surface area contributed by atoms with Crippen molar-refractivity contribution in [2.24, 2.45) is 7.05 Å². The lowest BCUT2D eigenvalue weighted by molar-refractivity contribution is 0.511. The minimum absolute atomic E-state index is 0.133. The number of hydrogen-bond acceptors (Lipinski definition) is 6. The van der Waals surface area contributed by atoms with Gasteiger partial charge >= 0.3 is 0 Å². The number of rotatable bonds is 6. The van der Waals surface area contributed by atoms with Gasteiger partial charge in [0.15, 0.2) is 5.82 Å². The van der Waals surface area contributed by atoms with Crippen molar-refractivity contribution in [3.8, 4) is 0 Å². The number of hydrogen-bond donors (Lipinski definition) is 1. The summed E-state index contributed by atoms with van der Waals surface area (Å²) in [6.07, 6.45) is 1.76. The summed E-state index contributed by atoms with van der Waals surface area (Å²) in [7, 11) is 1.77. The van der Waals surface area contributed by atoms with Gasteiger partial charge < -0.3 is 5.32 Å². The number of nitrogens with zero attached hydrogens (tertiary/aromatic N) is 6. The molecular formula is C13H21N7. The van der Waals surface area contributed by atoms with E-state index in [1.54, 1.807) is 7.05 Å². The van der Waals surface area contributed by atoms with Crippen LogP contribution in [0.15, 0.2) is 6.07 Å². The zero-order valence-electron chi connectivity index (χ0n) is 12.5. The molecule has 0 fully saturated rings. The third-order valence-electron chi connectivity index (χ3n) is 3.09. The molecule has 1 N–H and O–H groups in total. The van der Waals surface area contributed by atoms with Gasteiger partial charge in [0, 0.05) is 12.5 Å². The summed E-state index contributed by atoms with van der Waals surface area (Å²) in [6.45, 7) is 7.01. The fourth-order valence-electron chi connectivity index (χ4n) is 2.12. The summed E-state index contributed by atoms with van der Waals surface area (Å²) in [4.78, 5) is 1.48. The second-order valence-corrected chi connectivity index (χ2v) is 4.93. The van der Waals surface area contributed by atoms with E-state index in [-0.39, 0.29) is 6.04 Å². The molecule has 2 aromatic rings. The second kappa shape index (κ2) is 6.51. The maximum Gasteiger partial charge on any atom is 0.176 e. The lowest BCUT2D eigenvalue weighted by Crippen LogP contribution is -2.26. The van der Waals surface area contributed by atoms with E-state index in [1.807, 2.05) is 13.8 Å². The Morgan fingerprint density at radius 2 is 2.05 bits per heavy atom. The Morgan fingerprint density at radius 1 is 1.25 bits per heavy atom. The van der Waals surface area contributed by atoms with E-state index in [9.17, 15) is 0 Å². The van der Waals surface area contributed by atoms with E-state index < -0.39 is 0 Å². The van der Waals surface area contributed by atoms with Gasteiger partial charge in [-0.2, -0.15) is 15.0 Å². The molecule has 7 nitrogen and oxygen atoms in total. The Hall–Kier alpha value is -1.89. The summed E-state index contributed by atoms with van der Waals surface area (Å²) in [6, 6.07) is 2.21. The van der Waals surface area contributed by atoms with Crippen LogP contribution < -0.4 is 5.32 Å². The Kier molecular flexibility index (Phi) is 4.73. The molecule has 0 spiro atoms. The first-order valence-corrected chi connectivity index (χ1v) is 6.87. The van der Waals surface area contributed by atoms with Crippen molar-refractivity contribution in [2.75, 3.05) is 6.54 Å². The Balaban J connectivity index is 2.24. The van der Waals surface area contributed by atoms with Crippen LogP contribution >= 0.6 is 0 Å². The fourth-order valence-corrected chi connectivity index (χ4v) is 2.12. The van der Waals surface area contributed by atoms with Gasteiger partial charge in [0.25, 0.3) is 0 Å². The number of aromatic nitrogens is 6. The summed E-state index contributed by atoms with van der Waals surface area (Å²) in [5.74, 6) is 0.731. The van der Waals surface area contributed by atoms with E-state index in [0.717, 1.165) is 35.7 Å². The monoisotopic (exact) mass is 275 g/mol. The maximum absolute atomic E-state index is 4.25. The van der Waals surface area contributed by atoms with Gasteiger partial charge in [-0.15, -0.1) is 10.2 Å². The Bertz CT molecular complexity index is 564. The van der Waals surface area contributed by atoms with Crippen molar-refractivity contribution < 1.29 is 0 Å². The summed E-state index contributed by atoms with van der Waals surface area (Å²) < 4.78 is 0. The van der Waals surface area contributed by atoms with Crippen LogP contribution in [0.25, 0.3) is 0 Å². The average Bonchev–Trinajstić information content (AvgIpc) is 2.83. The highest BCUT2D eigenvalue weighted by Crippen LogP contribution is 2.19. The Morgan fingerprint density at radius 3 is 2.70 bits per heavy atom. The number of tetrazole rings is 1. The van der Waals surface area contributed by atoms with Crippen LogP contribution in [0.1, 0.15) is 42.2 Å². The van der Waals surface area contributed by atoms with Crippen LogP contribution in [-0.2, 0) is 13.5 Å². The highest BCUT2D eigenvalue weighted by Gasteiger charge is 2.17. The first-order chi connectivity index (χ1) is 9.60. The zero-order valence-corrected chi connectivity index (χ0v) is 12.5. The van der Waals surface area contributed by atoms with Crippen LogP contribution in [0.2, 0.25) is 0 Å². The van der Waals surface area contributed by atoms with Gasteiger partial charge in [-0.1, -0.05) is 6.92 Å². The molecule has 20 heavy (non-hydrogen) atoms. The second-order valence-electron chi connectivity index (χ2n) is 4.93. The number of aryl methyl sites for hydroxylation is 3. The molecule has 0 aliphatic heterocycles. The van der Waals surface area contributed by atoms with Gasteiger partial charge in [-0.3, -0.25) is 0 Å². The predicted molar refractivity (Wildman–Crippen MR) is 75.0 cm³/mol. The maximum atomic E-state index is 4.25. The smallest absolute Gasteiger partial charge is 0.176 e. The molecule has 7 heteroatoms. The van der Waals surface area contributed by atoms with E-state index in [4.69, 9.17) is 0 Å². The zero-order chi connectivity index (χ0) is 14.5. The fraction of sp³-hybridized carbons (Fsp3) is 0.615. The van der Waals surface area contributed by atoms with Gasteiger partial charge in [0.1, 0.15) is 0 Å². The lowest BCUT2D eigenvalue weighted by atomic mass is 10.0. The van der Waals surface area contributed by atoms with E-state index in [2.05, 4.69) is 43.9 Å². The van der Waals surface area contributed by atoms with Gasteiger partial charge in [0.2, 0.25) is 0 Å². The standard InChI is InChI=1S/C13H21N7/c1-5-6-14-12(8-13-17-19-20(4)18-13)11-7-9(2)15-16-10(11)3/h7,12,14H,5-6,8H2,1-4H3. The average molecular weight is 275 g/mol. The molecule has 1 unspecified atom stereocenters. The van der Waals surface area contributed by atoms with Crippen LogP contribution in [0.3, 0.4) is 0 Å². The first kappa shape index (κ1) is 14.5. The quantitative estimate of drug-likeness (QED) is 0.843. The largest absolute Gasteiger partial charge is 0.309 e. The molecule has 2 aromatic heterocycles. The SMILES string of the molecule is CCCNC(Cc1nnn(C)n1)c1cc(C)nnc1C. The topological polar surface area (TPSA) is 81.4 Å². The normalized spacial score (nSPS) is 12.6. The van der Waals surface area contributed by atoms with Crippen LogP contribution in [0, 0.1) is 13.8 Å². The summed E-state index contributed by atoms with van der Waals surface area (Å²) in [5, 5.41) is 24.0. The van der Waals surface area contributed by atoms with Crippen molar-refractivity contribution in [3.63, 3.8) is 0 Å². The molecule has 0 saturated heterocycles. The lowest BCUT2D eigenvalue weighted by Gasteiger charge is -2.19. The van der Waals surface area contributed by atoms with Crippen molar-refractivity contribution in [1.29, 1.82) is 0 Å². The molecule has 0 saturated carbocycles. The molecule has 0 aliphatic carbocycles. The first-order valence-electron chi connectivity index (χ1n) is 6.87. The minimum atomic E-state index is 0.133. The molecule has 0 radical (unpaired) electrons. The number of nitrogens with one attached hydrogen (secondary N) is 1. The van der Waals surface area contributed by atoms with Crippen molar-refractivity contribution in [2.45, 2.75) is 39.7 Å². The van der Waals surface area contributed by atoms with Crippen LogP contribution in [0.4, 0.5) is 0 Å². The minimum Gasteiger partial charge on any atom is -0.309 e. The molecule has 1 atom stereocenters. The highest BCUT2D eigenvalue weighted by molar-refractivity contribution is 5.24. The van der Waals surface area contributed by atoms with Gasteiger partial charge in [-0.25, -0.2) is 0 Å². The molecular weight excluding hydrogens is 254 g/mol. The molecule has 2 heterocycles. The van der Waals surface area contributed by atoms with E-state index in [1.165, 1.54) is 4.80 Å². The Labute approximate surface area is 118 Å². The molecule has 108 valence electrons. The molecule has 2 rings (SSSR count). The van der Waals surface area contributed by atoms with E-state index in [0.29, 0.717) is 6.42 Å². The van der Waals surface area contributed by atoms with Crippen molar-refractivity contribution in [1.82, 2.24) is 35.7 Å². The van der Waals surface area contributed by atoms with E-state index >= 15 is 0 Å². The van der Waals surface area contributed by atoms with Crippen molar-refractivity contribution >= 4 is 0 Å². The third kappa shape index (κ3) is 3.57. The molecule has 0 amide bonds. The molecule has 0 bridgehead atoms. The summed E-state index contributed by atoms with van der Waals surface area (Å²) >= 11 is 0. The van der Waals surface area contributed by atoms with Gasteiger partial charge in [0.05, 0.1) is 18.4 Å². The molecule has 0 aromatic carbocycles. The summed E-state index contributed by atoms with van der Waals surface area (Å²) in [5.41, 5.74) is 3.01. The van der Waals surface area contributed by atoms with Crippen molar-refractivity contribution in [3.05, 3.63) is 28.8 Å². The highest BCUT2D eigenvalue weighted by atomic mass is 15.6.